The van der Waals surface area contributed by atoms with E-state index >= 15 is 0 Å². The lowest BCUT2D eigenvalue weighted by molar-refractivity contribution is -0.0258. The first-order chi connectivity index (χ1) is 5.23. The Morgan fingerprint density at radius 1 is 0.818 bits per heavy atom. The van der Waals surface area contributed by atoms with E-state index in [0.29, 0.717) is 0 Å². The maximum Gasteiger partial charge on any atom is 0.0537 e. The highest BCUT2D eigenvalue weighted by atomic mass is 32.7. The van der Waals surface area contributed by atoms with Crippen LogP contribution >= 0.6 is 18.7 Å². The Morgan fingerprint density at radius 3 is 1.45 bits per heavy atom. The normalized spacial score (nSPS) is 60.3. The fourth-order valence-electron chi connectivity index (χ4n) is 2.50. The van der Waals surface area contributed by atoms with Crippen molar-refractivity contribution in [3.63, 3.8) is 0 Å². The molecule has 0 aromatic heterocycles. The van der Waals surface area contributed by atoms with Gasteiger partial charge in [0.1, 0.15) is 0 Å². The molecule has 0 spiro atoms. The van der Waals surface area contributed by atoms with Crippen LogP contribution in [0.3, 0.4) is 0 Å². The number of hydrogen-bond donors (Lipinski definition) is 1. The first-order valence-corrected chi connectivity index (χ1v) is 7.49. The summed E-state index contributed by atoms with van der Waals surface area (Å²) < 4.78 is 0. The zero-order valence-electron chi connectivity index (χ0n) is 6.48. The molecule has 0 amide bonds. The van der Waals surface area contributed by atoms with Crippen LogP contribution in [0.25, 0.3) is 0 Å². The van der Waals surface area contributed by atoms with Crippen LogP contribution in [0.2, 0.25) is 0 Å². The molecule has 4 heterocycles. The summed E-state index contributed by atoms with van der Waals surface area (Å²) >= 11 is 4.84. The predicted molar refractivity (Wildman–Crippen MR) is 50.6 cm³/mol. The molecule has 4 bridgehead atoms. The molecule has 4 fully saturated rings. The van der Waals surface area contributed by atoms with Gasteiger partial charge in [0.15, 0.2) is 0 Å². The first-order valence-electron chi connectivity index (χ1n) is 3.99. The molecule has 0 aliphatic carbocycles. The Bertz CT molecular complexity index is 163. The smallest absolute Gasteiger partial charge is 0.0537 e. The Balaban J connectivity index is 1.94. The van der Waals surface area contributed by atoms with Crippen molar-refractivity contribution < 1.29 is 0 Å². The second-order valence-electron chi connectivity index (χ2n) is 3.96. The van der Waals surface area contributed by atoms with E-state index in [0.717, 1.165) is 0 Å². The Labute approximate surface area is 72.8 Å². The molecule has 0 aromatic rings. The lowest BCUT2D eigenvalue weighted by atomic mass is 10.5. The second kappa shape index (κ2) is 2.12. The number of rotatable bonds is 0. The Kier molecular flexibility index (Phi) is 1.37. The average Bonchev–Trinajstić information content (AvgIpc) is 1.79. The zero-order valence-corrected chi connectivity index (χ0v) is 8.27. The predicted octanol–water partition coefficient (Wildman–Crippen LogP) is 0.541. The summed E-state index contributed by atoms with van der Waals surface area (Å²) in [6.07, 6.45) is 3.88. The van der Waals surface area contributed by atoms with E-state index in [2.05, 4.69) is 14.7 Å². The minimum absolute atomic E-state index is 0.848. The molecule has 0 unspecified atom stereocenters. The van der Waals surface area contributed by atoms with Gasteiger partial charge in [0.05, 0.1) is 20.0 Å². The van der Waals surface area contributed by atoms with Crippen LogP contribution in [0.15, 0.2) is 0 Å². The third-order valence-electron chi connectivity index (χ3n) is 2.59. The van der Waals surface area contributed by atoms with E-state index in [1.165, 1.54) is 38.9 Å². The van der Waals surface area contributed by atoms with Crippen LogP contribution in [-0.4, -0.2) is 53.6 Å². The molecule has 0 aromatic carbocycles. The van der Waals surface area contributed by atoms with Crippen LogP contribution in [0.5, 0.6) is 0 Å². The molecule has 0 saturated carbocycles. The summed E-state index contributed by atoms with van der Waals surface area (Å²) in [5, 5.41) is 0. The number of thiol groups is 1. The Hall–Kier alpha value is 0.660. The van der Waals surface area contributed by atoms with E-state index in [9.17, 15) is 0 Å². The van der Waals surface area contributed by atoms with Crippen molar-refractivity contribution >= 4 is 18.7 Å². The van der Waals surface area contributed by atoms with Crippen LogP contribution in [0.1, 0.15) is 0 Å². The number of hydrogen-bond acceptors (Lipinski definition) is 4. The summed E-state index contributed by atoms with van der Waals surface area (Å²) in [7, 11) is 0. The van der Waals surface area contributed by atoms with Gasteiger partial charge in [-0.05, 0) is 6.46 Å². The topological polar surface area (TPSA) is 9.72 Å². The van der Waals surface area contributed by atoms with Gasteiger partial charge in [0.2, 0.25) is 0 Å². The fraction of sp³-hybridized carbons (Fsp3) is 1.00. The summed E-state index contributed by atoms with van der Waals surface area (Å²) in [5.41, 5.74) is 0. The van der Waals surface area contributed by atoms with Crippen molar-refractivity contribution in [1.29, 1.82) is 0 Å². The standard InChI is InChI=1S/C6H13N3PS/c11-10-4-7-1-8(5-10)3-9(2-7)6-10/h11H,1-6H2. The second-order valence-corrected chi connectivity index (χ2v) is 9.54. The highest BCUT2D eigenvalue weighted by molar-refractivity contribution is 8.53. The van der Waals surface area contributed by atoms with E-state index in [-0.39, 0.29) is 0 Å². The third kappa shape index (κ3) is 1.04. The van der Waals surface area contributed by atoms with Gasteiger partial charge in [-0.25, -0.2) is 0 Å². The summed E-state index contributed by atoms with van der Waals surface area (Å²) in [6, 6.07) is 0. The van der Waals surface area contributed by atoms with Crippen molar-refractivity contribution in [2.45, 2.75) is 0 Å². The van der Waals surface area contributed by atoms with Gasteiger partial charge < -0.3 is 0 Å². The minimum atomic E-state index is -0.848. The molecule has 1 radical (unpaired) electrons. The van der Waals surface area contributed by atoms with E-state index in [1.807, 2.05) is 0 Å². The number of nitrogens with zero attached hydrogens (tertiary/aromatic N) is 3. The van der Waals surface area contributed by atoms with Crippen molar-refractivity contribution in [1.82, 2.24) is 14.7 Å². The average molecular weight is 190 g/mol. The molecular formula is C6H13N3PS. The molecule has 4 rings (SSSR count). The quantitative estimate of drug-likeness (QED) is 0.441. The van der Waals surface area contributed by atoms with Gasteiger partial charge in [-0.2, -0.15) is 12.2 Å². The molecule has 4 aliphatic heterocycles. The maximum atomic E-state index is 4.84. The SMILES string of the molecule is S[P]12CN3CN(CN(C3)C1)C2. The highest BCUT2D eigenvalue weighted by Crippen LogP contribution is 2.68. The largest absolute Gasteiger partial charge is 0.273 e. The fourth-order valence-corrected chi connectivity index (χ4v) is 7.15. The highest BCUT2D eigenvalue weighted by Gasteiger charge is 2.44. The van der Waals surface area contributed by atoms with Crippen molar-refractivity contribution in [3.05, 3.63) is 0 Å². The molecule has 11 heavy (non-hydrogen) atoms. The zero-order chi connectivity index (χ0) is 7.47. The van der Waals surface area contributed by atoms with Gasteiger partial charge in [-0.15, -0.1) is 0 Å². The van der Waals surface area contributed by atoms with Crippen molar-refractivity contribution in [2.75, 3.05) is 38.9 Å². The van der Waals surface area contributed by atoms with Crippen LogP contribution in [0, 0.1) is 0 Å². The molecule has 4 aliphatic rings. The van der Waals surface area contributed by atoms with Crippen LogP contribution < -0.4 is 0 Å². The molecule has 0 N–H and O–H groups in total. The molecule has 63 valence electrons. The lowest BCUT2D eigenvalue weighted by Gasteiger charge is -2.59. The van der Waals surface area contributed by atoms with E-state index < -0.39 is 6.46 Å². The molecule has 3 nitrogen and oxygen atoms in total. The van der Waals surface area contributed by atoms with Crippen LogP contribution in [-0.2, 0) is 0 Å². The first kappa shape index (κ1) is 7.10. The lowest BCUT2D eigenvalue weighted by Crippen LogP contribution is -2.63. The van der Waals surface area contributed by atoms with Crippen molar-refractivity contribution in [2.24, 2.45) is 0 Å². The molecular weight excluding hydrogens is 177 g/mol. The van der Waals surface area contributed by atoms with Gasteiger partial charge in [-0.3, -0.25) is 14.7 Å². The van der Waals surface area contributed by atoms with E-state index in [1.54, 1.807) is 0 Å². The van der Waals surface area contributed by atoms with Crippen molar-refractivity contribution in [3.8, 4) is 0 Å². The maximum absolute atomic E-state index is 4.84. The molecule has 0 atom stereocenters. The van der Waals surface area contributed by atoms with Gasteiger partial charge in [0.25, 0.3) is 0 Å². The summed E-state index contributed by atoms with van der Waals surface area (Å²) in [5.74, 6) is 0. The molecule has 4 saturated heterocycles. The summed E-state index contributed by atoms with van der Waals surface area (Å²) in [4.78, 5) is 7.58. The molecule has 5 heteroatoms. The van der Waals surface area contributed by atoms with Gasteiger partial charge in [0, 0.05) is 18.9 Å². The third-order valence-corrected chi connectivity index (χ3v) is 6.51. The Morgan fingerprint density at radius 2 is 1.18 bits per heavy atom. The summed E-state index contributed by atoms with van der Waals surface area (Å²) in [6.45, 7) is 2.73. The van der Waals surface area contributed by atoms with Crippen LogP contribution in [0.4, 0.5) is 0 Å². The monoisotopic (exact) mass is 190 g/mol. The van der Waals surface area contributed by atoms with Gasteiger partial charge >= 0.3 is 0 Å². The minimum Gasteiger partial charge on any atom is -0.273 e. The van der Waals surface area contributed by atoms with Gasteiger partial charge in [-0.1, -0.05) is 0 Å². The van der Waals surface area contributed by atoms with E-state index in [4.69, 9.17) is 12.2 Å².